The number of likely N-dealkylation sites (tertiary alicyclic amines) is 1. The van der Waals surface area contributed by atoms with E-state index in [4.69, 9.17) is 60.8 Å². The van der Waals surface area contributed by atoms with Crippen LogP contribution in [0.5, 0.6) is 17.2 Å². The summed E-state index contributed by atoms with van der Waals surface area (Å²) in [6, 6.07) is 41.6. The molecule has 4 saturated heterocycles. The van der Waals surface area contributed by atoms with Gasteiger partial charge < -0.3 is 84.6 Å². The number of anilines is 15. The van der Waals surface area contributed by atoms with Gasteiger partial charge in [0.2, 0.25) is 17.8 Å². The monoisotopic (exact) mass is 1750 g/mol. The molecule has 6 aromatic carbocycles. The number of halogens is 3. The number of nitrogens with zero attached hydrogens (tertiary/aromatic N) is 12. The Bertz CT molecular complexity index is 5160. The van der Waals surface area contributed by atoms with E-state index >= 15 is 0 Å². The van der Waals surface area contributed by atoms with Crippen LogP contribution in [0.25, 0.3) is 0 Å². The molecule has 0 amide bonds. The second-order valence-electron chi connectivity index (χ2n) is 34.7. The zero-order chi connectivity index (χ0) is 84.6. The zero-order valence-electron chi connectivity index (χ0n) is 71.4. The Labute approximate surface area is 724 Å². The summed E-state index contributed by atoms with van der Waals surface area (Å²) in [6.07, 6.45) is 22.8. The first-order chi connectivity index (χ1) is 56.8. The van der Waals surface area contributed by atoms with Crippen molar-refractivity contribution in [1.29, 1.82) is 0 Å². The number of piperidine rings is 4. The summed E-state index contributed by atoms with van der Waals surface area (Å²) < 4.78 is 42.9. The van der Waals surface area contributed by atoms with Crippen molar-refractivity contribution in [2.75, 3.05) is 196 Å². The molecular formula is C89H118Cl3N18O5P3S. The highest BCUT2D eigenvalue weighted by atomic mass is 35.5. The van der Waals surface area contributed by atoms with Crippen LogP contribution in [0.2, 0.25) is 15.1 Å². The van der Waals surface area contributed by atoms with Gasteiger partial charge in [-0.3, -0.25) is 0 Å². The molecule has 3 spiro atoms. The molecule has 30 heteroatoms. The second kappa shape index (κ2) is 38.2. The highest BCUT2D eigenvalue weighted by Crippen LogP contribution is 2.53. The molecule has 4 aliphatic heterocycles. The Morgan fingerprint density at radius 2 is 0.706 bits per heavy atom. The van der Waals surface area contributed by atoms with Crippen molar-refractivity contribution in [2.24, 2.45) is 16.2 Å². The second-order valence-corrected chi connectivity index (χ2v) is 48.2. The first-order valence-corrected chi connectivity index (χ1v) is 51.3. The standard InChI is InChI=1S/C31H42ClN6O2P.C29H38ClN6O2P.C29H38ClN6OPS/c1-37(2)22-12-14-31(15-13-22)16-18-38(19-17-31)23-10-11-25(27(20-23)40-3)35-30-33-21-24(32)29(36-30)34-26-8-6-7-9-28(26)41(4,5)39;1-35(2)21-17-29(18-21)12-14-36(15-13-29)20-10-11-23(25(16-20)38-3)33-28-31-19-22(30)27(34-28)32-24-8-6-7-9-26(24)39(4,5)37;1-35-15-11-29(12-16-35)13-17-36(18-14-29)21-9-10-23(25(19-21)37-2)33-28-31-20-22(30)27(34-28)32-24-7-5-6-8-26(24)38(3,4)39/h6-11,20-22H,12-19H2,1-5H3,(H2,33,34,35,36);6-11,16,19,21H,12-15,17-18H2,1-5H3,(H2,31,32,33,34);5-10,19-20H,11-18H2,1-4H3,(H2,31,32,33,34). The Kier molecular flexibility index (Phi) is 28.5. The van der Waals surface area contributed by atoms with Gasteiger partial charge in [-0.15, -0.1) is 0 Å². The quantitative estimate of drug-likeness (QED) is 0.0327. The third-order valence-electron chi connectivity index (χ3n) is 25.2. The van der Waals surface area contributed by atoms with E-state index in [0.29, 0.717) is 78.0 Å². The molecule has 636 valence electrons. The predicted octanol–water partition coefficient (Wildman–Crippen LogP) is 19.5. The van der Waals surface area contributed by atoms with Gasteiger partial charge in [-0.25, -0.2) is 15.0 Å². The van der Waals surface area contributed by atoms with Gasteiger partial charge in [0.25, 0.3) is 0 Å². The molecule has 0 atom stereocenters. The van der Waals surface area contributed by atoms with Crippen molar-refractivity contribution in [2.45, 2.75) is 102 Å². The smallest absolute Gasteiger partial charge is 0.229 e. The Morgan fingerprint density at radius 3 is 1.03 bits per heavy atom. The first-order valence-electron chi connectivity index (χ1n) is 41.2. The molecule has 0 radical (unpaired) electrons. The number of benzene rings is 6. The van der Waals surface area contributed by atoms with Crippen LogP contribution in [0.15, 0.2) is 146 Å². The third kappa shape index (κ3) is 22.1. The minimum absolute atomic E-state index is 0.367. The van der Waals surface area contributed by atoms with Gasteiger partial charge >= 0.3 is 0 Å². The lowest BCUT2D eigenvalue weighted by Gasteiger charge is -2.54. The molecule has 0 bridgehead atoms. The van der Waals surface area contributed by atoms with E-state index < -0.39 is 20.3 Å². The number of hydrogen-bond donors (Lipinski definition) is 6. The van der Waals surface area contributed by atoms with Crippen molar-refractivity contribution in [3.8, 4) is 17.2 Å². The molecule has 2 saturated carbocycles. The normalized spacial score (nSPS) is 17.5. The predicted molar refractivity (Wildman–Crippen MR) is 504 cm³/mol. The van der Waals surface area contributed by atoms with Crippen molar-refractivity contribution >= 4 is 169 Å². The number of rotatable bonds is 23. The number of aromatic nitrogens is 6. The molecule has 6 aliphatic rings. The van der Waals surface area contributed by atoms with Gasteiger partial charge in [0.05, 0.1) is 68.4 Å². The minimum Gasteiger partial charge on any atom is -0.494 e. The fourth-order valence-corrected chi connectivity index (χ4v) is 22.0. The molecule has 0 unspecified atom stereocenters. The van der Waals surface area contributed by atoms with Gasteiger partial charge in [-0.1, -0.05) is 89.1 Å². The number of nitrogens with one attached hydrogen (secondary N) is 6. The molecule has 9 aromatic rings. The fourth-order valence-electron chi connectivity index (χ4n) is 17.6. The molecular weight excluding hydrogens is 1630 g/mol. The van der Waals surface area contributed by atoms with Crippen molar-refractivity contribution in [1.82, 2.24) is 44.6 Å². The van der Waals surface area contributed by atoms with Crippen LogP contribution < -0.4 is 76.7 Å². The molecule has 6 fully saturated rings. The number of ether oxygens (including phenoxy) is 3. The van der Waals surface area contributed by atoms with E-state index in [9.17, 15) is 9.13 Å². The van der Waals surface area contributed by atoms with Gasteiger partial charge in [0.15, 0.2) is 17.5 Å². The van der Waals surface area contributed by atoms with Crippen LogP contribution in [-0.2, 0) is 20.9 Å². The van der Waals surface area contributed by atoms with Crippen molar-refractivity contribution in [3.05, 3.63) is 161 Å². The molecule has 15 rings (SSSR count). The molecule has 3 aromatic heterocycles. The van der Waals surface area contributed by atoms with Gasteiger partial charge in [-0.2, -0.15) is 15.0 Å². The topological polar surface area (TPSA) is 231 Å². The van der Waals surface area contributed by atoms with Crippen LogP contribution in [0.4, 0.5) is 86.5 Å². The van der Waals surface area contributed by atoms with E-state index in [1.807, 2.05) is 84.9 Å². The molecule has 6 N–H and O–H groups in total. The van der Waals surface area contributed by atoms with E-state index in [1.54, 1.807) is 66.6 Å². The number of para-hydroxylation sites is 3. The summed E-state index contributed by atoms with van der Waals surface area (Å²) in [4.78, 5) is 41.7. The van der Waals surface area contributed by atoms with Crippen LogP contribution in [0.1, 0.15) is 89.9 Å². The van der Waals surface area contributed by atoms with Gasteiger partial charge in [-0.05, 0) is 267 Å². The summed E-state index contributed by atoms with van der Waals surface area (Å²) in [7, 11) is 11.1. The lowest BCUT2D eigenvalue weighted by Crippen LogP contribution is -2.53. The first kappa shape index (κ1) is 88.8. The van der Waals surface area contributed by atoms with Crippen LogP contribution >= 0.6 is 55.1 Å². The Morgan fingerprint density at radius 1 is 0.403 bits per heavy atom. The average molecular weight is 1750 g/mol. The number of methoxy groups -OCH3 is 3. The maximum atomic E-state index is 12.8. The highest BCUT2D eigenvalue weighted by molar-refractivity contribution is 8.17. The third-order valence-corrected chi connectivity index (χ3v) is 31.2. The van der Waals surface area contributed by atoms with Crippen LogP contribution in [-0.4, -0.2) is 206 Å². The lowest BCUT2D eigenvalue weighted by molar-refractivity contribution is 0.00490. The summed E-state index contributed by atoms with van der Waals surface area (Å²) in [6.45, 7) is 20.1. The lowest BCUT2D eigenvalue weighted by atomic mass is 9.60. The van der Waals surface area contributed by atoms with Gasteiger partial charge in [0.1, 0.15) is 46.6 Å². The van der Waals surface area contributed by atoms with E-state index in [0.717, 1.165) is 113 Å². The van der Waals surface area contributed by atoms with Crippen LogP contribution in [0.3, 0.4) is 0 Å². The molecule has 2 aliphatic carbocycles. The Hall–Kier alpha value is -7.98. The van der Waals surface area contributed by atoms with E-state index in [-0.39, 0.29) is 0 Å². The van der Waals surface area contributed by atoms with Crippen molar-refractivity contribution in [3.63, 3.8) is 0 Å². The highest BCUT2D eigenvalue weighted by Gasteiger charge is 2.47. The maximum Gasteiger partial charge on any atom is 0.229 e. The van der Waals surface area contributed by atoms with Crippen molar-refractivity contribution < 1.29 is 23.3 Å². The fraction of sp³-hybridized carbons (Fsp3) is 0.461. The van der Waals surface area contributed by atoms with E-state index in [2.05, 4.69) is 182 Å². The van der Waals surface area contributed by atoms with Gasteiger partial charge in [0, 0.05) is 108 Å². The van der Waals surface area contributed by atoms with Crippen LogP contribution in [0, 0.1) is 16.2 Å². The molecule has 119 heavy (non-hydrogen) atoms. The zero-order valence-corrected chi connectivity index (χ0v) is 77.1. The summed E-state index contributed by atoms with van der Waals surface area (Å²) in [5.74, 6) is 4.78. The number of hydrogen-bond acceptors (Lipinski definition) is 24. The minimum atomic E-state index is -2.50. The summed E-state index contributed by atoms with van der Waals surface area (Å²) in [5, 5.41) is 23.5. The molecule has 7 heterocycles. The largest absolute Gasteiger partial charge is 0.494 e. The molecule has 23 nitrogen and oxygen atoms in total. The average Bonchev–Trinajstić information content (AvgIpc) is 0.763. The Balaban J connectivity index is 0.000000155. The van der Waals surface area contributed by atoms with E-state index in [1.165, 1.54) is 114 Å². The SMILES string of the molecule is COc1cc(N2CCC3(CC2)CC(N(C)C)C3)ccc1Nc1ncc(Cl)c(Nc2ccccc2P(C)(C)=O)n1.COc1cc(N2CCC3(CCC(N(C)C)CC3)CC2)ccc1Nc1ncc(Cl)c(Nc2ccccc2P(C)(C)=O)n1.COc1cc(N2CCC3(CCN(C)CC3)CC2)ccc1Nc1ncc(Cl)c(Nc2ccccc2P(C)(C)=S)n1. The maximum absolute atomic E-state index is 12.8. The summed E-state index contributed by atoms with van der Waals surface area (Å²) in [5.41, 5.74) is 9.76. The summed E-state index contributed by atoms with van der Waals surface area (Å²) >= 11 is 25.1.